The van der Waals surface area contributed by atoms with Crippen molar-refractivity contribution in [2.24, 2.45) is 0 Å². The van der Waals surface area contributed by atoms with Gasteiger partial charge in [0.05, 0.1) is 18.8 Å². The molecule has 6 nitrogen and oxygen atoms in total. The number of benzene rings is 2. The van der Waals surface area contributed by atoms with Gasteiger partial charge in [0, 0.05) is 5.69 Å². The Morgan fingerprint density at radius 1 is 1.19 bits per heavy atom. The molecule has 1 aliphatic rings. The van der Waals surface area contributed by atoms with Gasteiger partial charge >= 0.3 is 5.97 Å². The first-order valence-corrected chi connectivity index (χ1v) is 9.16. The topological polar surface area (TPSA) is 67.9 Å². The third-order valence-electron chi connectivity index (χ3n) is 4.39. The highest BCUT2D eigenvalue weighted by Crippen LogP contribution is 2.34. The van der Waals surface area contributed by atoms with E-state index in [1.165, 1.54) is 0 Å². The second-order valence-corrected chi connectivity index (χ2v) is 6.30. The number of amides is 1. The van der Waals surface area contributed by atoms with E-state index in [-0.39, 0.29) is 25.0 Å². The van der Waals surface area contributed by atoms with E-state index < -0.39 is 6.10 Å². The average Bonchev–Trinajstić information content (AvgIpc) is 2.68. The summed E-state index contributed by atoms with van der Waals surface area (Å²) in [5.41, 5.74) is 2.65. The summed E-state index contributed by atoms with van der Waals surface area (Å²) in [6, 6.07) is 15.1. The number of para-hydroxylation sites is 1. The number of fused-ring (bicyclic) bond motifs is 1. The molecule has 0 saturated carbocycles. The van der Waals surface area contributed by atoms with E-state index in [0.29, 0.717) is 18.0 Å². The highest BCUT2D eigenvalue weighted by molar-refractivity contribution is 5.95. The summed E-state index contributed by atoms with van der Waals surface area (Å²) in [5, 5.41) is 2.86. The molecule has 2 aromatic rings. The third kappa shape index (κ3) is 4.58. The summed E-state index contributed by atoms with van der Waals surface area (Å²) >= 11 is 0. The van der Waals surface area contributed by atoms with E-state index in [0.717, 1.165) is 17.7 Å². The largest absolute Gasteiger partial charge is 0.477 e. The molecule has 0 aromatic heterocycles. The Morgan fingerprint density at radius 2 is 1.96 bits per heavy atom. The molecule has 1 heterocycles. The number of aryl methyl sites for hydroxylation is 1. The van der Waals surface area contributed by atoms with Gasteiger partial charge in [-0.25, -0.2) is 0 Å². The summed E-state index contributed by atoms with van der Waals surface area (Å²) < 4.78 is 11.0. The summed E-state index contributed by atoms with van der Waals surface area (Å²) in [6.07, 6.45) is 0.151. The molecule has 1 amide bonds. The molecule has 0 radical (unpaired) electrons. The van der Waals surface area contributed by atoms with Crippen LogP contribution in [0.25, 0.3) is 0 Å². The van der Waals surface area contributed by atoms with Crippen molar-refractivity contribution < 1.29 is 19.1 Å². The third-order valence-corrected chi connectivity index (χ3v) is 4.39. The van der Waals surface area contributed by atoms with Gasteiger partial charge in [-0.1, -0.05) is 31.2 Å². The fourth-order valence-corrected chi connectivity index (χ4v) is 3.01. The van der Waals surface area contributed by atoms with Crippen LogP contribution >= 0.6 is 0 Å². The number of rotatable bonds is 6. The first kappa shape index (κ1) is 18.8. The first-order chi connectivity index (χ1) is 13.1. The van der Waals surface area contributed by atoms with Gasteiger partial charge in [-0.3, -0.25) is 9.59 Å². The number of anilines is 2. The van der Waals surface area contributed by atoms with Crippen LogP contribution in [0.2, 0.25) is 0 Å². The van der Waals surface area contributed by atoms with E-state index in [1.54, 1.807) is 6.92 Å². The van der Waals surface area contributed by atoms with Crippen LogP contribution in [0.4, 0.5) is 11.4 Å². The Morgan fingerprint density at radius 3 is 2.67 bits per heavy atom. The van der Waals surface area contributed by atoms with Crippen molar-refractivity contribution in [2.75, 3.05) is 29.9 Å². The number of nitrogens with one attached hydrogen (secondary N) is 1. The lowest BCUT2D eigenvalue weighted by Gasteiger charge is -2.35. The zero-order chi connectivity index (χ0) is 19.2. The maximum atomic E-state index is 12.7. The molecule has 3 rings (SSSR count). The van der Waals surface area contributed by atoms with Crippen molar-refractivity contribution in [3.63, 3.8) is 0 Å². The molecule has 1 unspecified atom stereocenters. The fourth-order valence-electron chi connectivity index (χ4n) is 3.01. The summed E-state index contributed by atoms with van der Waals surface area (Å²) in [4.78, 5) is 26.6. The number of hydrogen-bond acceptors (Lipinski definition) is 5. The lowest BCUT2D eigenvalue weighted by atomic mass is 10.1. The molecule has 6 heteroatoms. The summed E-state index contributed by atoms with van der Waals surface area (Å²) in [7, 11) is 0. The molecule has 142 valence electrons. The van der Waals surface area contributed by atoms with Gasteiger partial charge in [-0.2, -0.15) is 0 Å². The van der Waals surface area contributed by atoms with Crippen molar-refractivity contribution >= 4 is 23.3 Å². The summed E-state index contributed by atoms with van der Waals surface area (Å²) in [6.45, 7) is 4.51. The van der Waals surface area contributed by atoms with Crippen LogP contribution in [-0.2, 0) is 20.7 Å². The first-order valence-electron chi connectivity index (χ1n) is 9.16. The second-order valence-electron chi connectivity index (χ2n) is 6.30. The van der Waals surface area contributed by atoms with Crippen molar-refractivity contribution in [1.29, 1.82) is 0 Å². The van der Waals surface area contributed by atoms with E-state index in [1.807, 2.05) is 53.4 Å². The lowest BCUT2D eigenvalue weighted by Crippen LogP contribution is -2.48. The molecule has 0 saturated heterocycles. The van der Waals surface area contributed by atoms with Crippen molar-refractivity contribution in [3.05, 3.63) is 54.1 Å². The van der Waals surface area contributed by atoms with Gasteiger partial charge in [0.1, 0.15) is 12.3 Å². The molecule has 0 bridgehead atoms. The Hall–Kier alpha value is -3.02. The van der Waals surface area contributed by atoms with Crippen LogP contribution in [0.3, 0.4) is 0 Å². The summed E-state index contributed by atoms with van der Waals surface area (Å²) in [5.74, 6) is 0.0192. The Balaban J connectivity index is 1.81. The van der Waals surface area contributed by atoms with Gasteiger partial charge in [-0.05, 0) is 43.2 Å². The lowest BCUT2D eigenvalue weighted by molar-refractivity contribution is -0.141. The van der Waals surface area contributed by atoms with Crippen LogP contribution in [0, 0.1) is 0 Å². The zero-order valence-electron chi connectivity index (χ0n) is 15.6. The van der Waals surface area contributed by atoms with Crippen LogP contribution in [0.5, 0.6) is 5.75 Å². The molecule has 0 aliphatic carbocycles. The van der Waals surface area contributed by atoms with Gasteiger partial charge in [0.15, 0.2) is 6.10 Å². The van der Waals surface area contributed by atoms with Crippen molar-refractivity contribution in [1.82, 2.24) is 0 Å². The molecule has 1 atom stereocenters. The highest BCUT2D eigenvalue weighted by atomic mass is 16.5. The predicted molar refractivity (Wildman–Crippen MR) is 104 cm³/mol. The molecule has 1 N–H and O–H groups in total. The zero-order valence-corrected chi connectivity index (χ0v) is 15.6. The minimum atomic E-state index is -0.723. The number of ether oxygens (including phenoxy) is 2. The van der Waals surface area contributed by atoms with Crippen LogP contribution in [0.15, 0.2) is 48.5 Å². The van der Waals surface area contributed by atoms with Gasteiger partial charge < -0.3 is 19.7 Å². The van der Waals surface area contributed by atoms with Crippen LogP contribution in [-0.4, -0.2) is 37.7 Å². The number of nitrogens with zero attached hydrogens (tertiary/aromatic N) is 1. The minimum absolute atomic E-state index is 0.0759. The Bertz CT molecular complexity index is 807. The number of carbonyl (C=O) groups is 2. The smallest absolute Gasteiger partial charge is 0.325 e. The molecule has 0 spiro atoms. The SMILES string of the molecule is CCOC(=O)CN1CC(C(=O)Nc2ccccc2)Oc2ccc(CC)cc21. The number of hydrogen-bond donors (Lipinski definition) is 1. The van der Waals surface area contributed by atoms with Gasteiger partial charge in [0.2, 0.25) is 0 Å². The molecule has 1 aliphatic heterocycles. The molecular weight excluding hydrogens is 344 g/mol. The second kappa shape index (κ2) is 8.58. The maximum absolute atomic E-state index is 12.7. The monoisotopic (exact) mass is 368 g/mol. The molecule has 2 aromatic carbocycles. The number of esters is 1. The normalized spacial score (nSPS) is 15.5. The van der Waals surface area contributed by atoms with Gasteiger partial charge in [0.25, 0.3) is 5.91 Å². The fraction of sp³-hybridized carbons (Fsp3) is 0.333. The average molecular weight is 368 g/mol. The number of carbonyl (C=O) groups excluding carboxylic acids is 2. The van der Waals surface area contributed by atoms with Crippen LogP contribution < -0.4 is 15.0 Å². The van der Waals surface area contributed by atoms with E-state index >= 15 is 0 Å². The molecular formula is C21H24N2O4. The molecule has 0 fully saturated rings. The van der Waals surface area contributed by atoms with Gasteiger partial charge in [-0.15, -0.1) is 0 Å². The van der Waals surface area contributed by atoms with Crippen molar-refractivity contribution in [3.8, 4) is 5.75 Å². The molecule has 27 heavy (non-hydrogen) atoms. The minimum Gasteiger partial charge on any atom is -0.477 e. The van der Waals surface area contributed by atoms with E-state index in [2.05, 4.69) is 12.2 Å². The Kier molecular flexibility index (Phi) is 5.96. The van der Waals surface area contributed by atoms with E-state index in [9.17, 15) is 9.59 Å². The highest BCUT2D eigenvalue weighted by Gasteiger charge is 2.32. The quantitative estimate of drug-likeness (QED) is 0.794. The predicted octanol–water partition coefficient (Wildman–Crippen LogP) is 3.02. The van der Waals surface area contributed by atoms with Crippen LogP contribution in [0.1, 0.15) is 19.4 Å². The van der Waals surface area contributed by atoms with Crippen molar-refractivity contribution in [2.45, 2.75) is 26.4 Å². The Labute approximate surface area is 159 Å². The maximum Gasteiger partial charge on any atom is 0.325 e. The standard InChI is InChI=1S/C21H24N2O4/c1-3-15-10-11-18-17(12-15)23(14-20(24)26-4-2)13-19(27-18)21(25)22-16-8-6-5-7-9-16/h5-12,19H,3-4,13-14H2,1-2H3,(H,22,25). The van der Waals surface area contributed by atoms with E-state index in [4.69, 9.17) is 9.47 Å².